The van der Waals surface area contributed by atoms with Gasteiger partial charge in [0.05, 0.1) is 12.7 Å². The largest absolute Gasteiger partial charge is 0.490 e. The third kappa shape index (κ3) is 6.83. The summed E-state index contributed by atoms with van der Waals surface area (Å²) in [5.41, 5.74) is 4.75. The van der Waals surface area contributed by atoms with E-state index in [4.69, 9.17) is 20.4 Å². The van der Waals surface area contributed by atoms with Gasteiger partial charge in [-0.05, 0) is 18.9 Å². The summed E-state index contributed by atoms with van der Waals surface area (Å²) in [4.78, 5) is 50.8. The van der Waals surface area contributed by atoms with Gasteiger partial charge in [0.25, 0.3) is 0 Å². The van der Waals surface area contributed by atoms with Crippen molar-refractivity contribution in [3.8, 4) is 0 Å². The van der Waals surface area contributed by atoms with Crippen LogP contribution in [0.25, 0.3) is 0 Å². The Balaban J connectivity index is 1.98. The van der Waals surface area contributed by atoms with Gasteiger partial charge >= 0.3 is 29.2 Å². The van der Waals surface area contributed by atoms with Crippen molar-refractivity contribution in [2.75, 3.05) is 12.3 Å². The van der Waals surface area contributed by atoms with Gasteiger partial charge in [-0.2, -0.15) is 13.6 Å². The van der Waals surface area contributed by atoms with Crippen molar-refractivity contribution >= 4 is 29.3 Å². The number of hydrogen-bond donors (Lipinski definition) is 6. The van der Waals surface area contributed by atoms with E-state index < -0.39 is 53.8 Å². The minimum absolute atomic E-state index is 0.0176. The molecule has 1 fully saturated rings. The van der Waals surface area contributed by atoms with Crippen LogP contribution in [0.15, 0.2) is 17.1 Å². The molecule has 2 rings (SSSR count). The van der Waals surface area contributed by atoms with E-state index in [1.807, 2.05) is 0 Å². The minimum atomic E-state index is -5.61. The Morgan fingerprint density at radius 1 is 1.14 bits per heavy atom. The number of phosphoric ester groups is 1. The number of phosphoric acid groups is 3. The predicted octanol–water partition coefficient (Wildman–Crippen LogP) is -0.519. The molecular weight excluding hydrogens is 447 g/mol. The molecule has 0 amide bonds. The topological polar surface area (TPSA) is 241 Å². The molecule has 0 saturated heterocycles. The summed E-state index contributed by atoms with van der Waals surface area (Å²) < 4.78 is 46.4. The van der Waals surface area contributed by atoms with Gasteiger partial charge in [0.1, 0.15) is 5.82 Å². The molecule has 18 heteroatoms. The molecule has 0 bridgehead atoms. The second-order valence-corrected chi connectivity index (χ2v) is 10.3. The molecule has 0 spiro atoms. The lowest BCUT2D eigenvalue weighted by molar-refractivity contribution is 0.0834. The maximum Gasteiger partial charge on any atom is 0.490 e. The van der Waals surface area contributed by atoms with E-state index >= 15 is 0 Å². The molecule has 3 unspecified atom stereocenters. The van der Waals surface area contributed by atoms with E-state index in [0.29, 0.717) is 0 Å². The van der Waals surface area contributed by atoms with Crippen LogP contribution in [0.4, 0.5) is 5.82 Å². The van der Waals surface area contributed by atoms with Crippen molar-refractivity contribution in [1.29, 1.82) is 0 Å². The van der Waals surface area contributed by atoms with Crippen molar-refractivity contribution in [2.45, 2.75) is 25.0 Å². The second kappa shape index (κ2) is 8.42. The molecule has 0 radical (unpaired) electrons. The van der Waals surface area contributed by atoms with Gasteiger partial charge in [0, 0.05) is 18.2 Å². The molecule has 1 heterocycles. The quantitative estimate of drug-likeness (QED) is 0.265. The number of aliphatic hydroxyl groups excluding tert-OH is 1. The highest BCUT2D eigenvalue weighted by Gasteiger charge is 2.42. The second-order valence-electron chi connectivity index (χ2n) is 5.88. The van der Waals surface area contributed by atoms with Crippen LogP contribution in [0.3, 0.4) is 0 Å². The van der Waals surface area contributed by atoms with Crippen molar-refractivity contribution in [3.63, 3.8) is 0 Å². The Kier molecular flexibility index (Phi) is 7.02. The highest BCUT2D eigenvalue weighted by Crippen LogP contribution is 2.66. The lowest BCUT2D eigenvalue weighted by atomic mass is 10.1. The summed E-state index contributed by atoms with van der Waals surface area (Å²) in [7, 11) is -16.4. The first-order valence-corrected chi connectivity index (χ1v) is 12.0. The fourth-order valence-corrected chi connectivity index (χ4v) is 5.75. The molecule has 1 aliphatic carbocycles. The summed E-state index contributed by atoms with van der Waals surface area (Å²) in [6.07, 6.45) is 0.548. The first kappa shape index (κ1) is 23.3. The first-order valence-electron chi connectivity index (χ1n) is 7.48. The maximum atomic E-state index is 11.8. The molecule has 1 saturated carbocycles. The van der Waals surface area contributed by atoms with E-state index in [1.165, 1.54) is 16.8 Å². The van der Waals surface area contributed by atoms with Crippen LogP contribution >= 0.6 is 23.5 Å². The highest BCUT2D eigenvalue weighted by atomic mass is 31.3. The monoisotopic (exact) mass is 465 g/mol. The van der Waals surface area contributed by atoms with Crippen LogP contribution < -0.4 is 11.4 Å². The average molecular weight is 465 g/mol. The third-order valence-electron chi connectivity index (χ3n) is 3.75. The lowest BCUT2D eigenvalue weighted by Crippen LogP contribution is -2.26. The number of nitrogens with zero attached hydrogens (tertiary/aromatic N) is 2. The van der Waals surface area contributed by atoms with Crippen LogP contribution in [-0.2, 0) is 26.8 Å². The van der Waals surface area contributed by atoms with E-state index in [0.717, 1.165) is 0 Å². The molecular formula is C10H18N3O12P3. The Labute approximate surface area is 157 Å². The zero-order chi connectivity index (χ0) is 21.3. The van der Waals surface area contributed by atoms with Crippen LogP contribution in [0, 0.1) is 5.92 Å². The molecule has 0 aliphatic heterocycles. The summed E-state index contributed by atoms with van der Waals surface area (Å²) in [6, 6.07) is 0.873. The van der Waals surface area contributed by atoms with Gasteiger partial charge in [-0.15, -0.1) is 0 Å². The third-order valence-corrected chi connectivity index (χ3v) is 7.55. The van der Waals surface area contributed by atoms with Crippen molar-refractivity contribution in [1.82, 2.24) is 9.55 Å². The molecule has 7 N–H and O–H groups in total. The Morgan fingerprint density at radius 2 is 1.79 bits per heavy atom. The fourth-order valence-electron chi connectivity index (χ4n) is 2.68. The SMILES string of the molecule is Nc1ccn([C@H]2CC(O)[C@@H](COP(=O)(O)OP(=O)(O)OP(=O)(O)O)C2)c(=O)n1. The normalized spacial score (nSPS) is 27.2. The molecule has 160 valence electrons. The number of rotatable bonds is 8. The molecule has 1 aromatic rings. The summed E-state index contributed by atoms with van der Waals surface area (Å²) in [5.74, 6) is -0.747. The first-order chi connectivity index (χ1) is 12.7. The summed E-state index contributed by atoms with van der Waals surface area (Å²) >= 11 is 0. The van der Waals surface area contributed by atoms with Gasteiger partial charge in [0.2, 0.25) is 0 Å². The van der Waals surface area contributed by atoms with Crippen molar-refractivity contribution in [3.05, 3.63) is 22.7 Å². The molecule has 1 aliphatic rings. The highest BCUT2D eigenvalue weighted by molar-refractivity contribution is 7.66. The van der Waals surface area contributed by atoms with Gasteiger partial charge in [-0.25, -0.2) is 18.5 Å². The van der Waals surface area contributed by atoms with Crippen molar-refractivity contribution in [2.24, 2.45) is 5.92 Å². The van der Waals surface area contributed by atoms with E-state index in [1.54, 1.807) is 0 Å². The minimum Gasteiger partial charge on any atom is -0.393 e. The number of aliphatic hydroxyl groups is 1. The summed E-state index contributed by atoms with van der Waals surface area (Å²) in [6.45, 7) is -0.626. The standard InChI is InChI=1S/C10H18N3O12P3/c11-9-1-2-13(10(15)12-9)7-3-6(8(14)4-7)5-23-27(19,20)25-28(21,22)24-26(16,17)18/h1-2,6-8,14H,3-5H2,(H,19,20)(H,21,22)(H2,11,12,15)(H2,16,17,18)/t6-,7-,8?/m1/s1. The molecule has 5 atom stereocenters. The lowest BCUT2D eigenvalue weighted by Gasteiger charge is -2.19. The Morgan fingerprint density at radius 3 is 2.36 bits per heavy atom. The maximum absolute atomic E-state index is 11.8. The van der Waals surface area contributed by atoms with E-state index in [2.05, 4.69) is 18.1 Å². The summed E-state index contributed by atoms with van der Waals surface area (Å²) in [5, 5.41) is 10.1. The predicted molar refractivity (Wildman–Crippen MR) is 90.5 cm³/mol. The Hall–Kier alpha value is -0.950. The van der Waals surface area contributed by atoms with Gasteiger partial charge in [0.15, 0.2) is 0 Å². The number of aromatic nitrogens is 2. The van der Waals surface area contributed by atoms with Crippen LogP contribution in [0.2, 0.25) is 0 Å². The molecule has 28 heavy (non-hydrogen) atoms. The average Bonchev–Trinajstić information content (AvgIpc) is 2.82. The zero-order valence-corrected chi connectivity index (χ0v) is 16.6. The Bertz CT molecular complexity index is 914. The van der Waals surface area contributed by atoms with Gasteiger partial charge in [-0.1, -0.05) is 0 Å². The number of nitrogen functional groups attached to an aromatic ring is 1. The number of nitrogens with two attached hydrogens (primary N) is 1. The van der Waals surface area contributed by atoms with Gasteiger partial charge < -0.3 is 30.4 Å². The molecule has 15 nitrogen and oxygen atoms in total. The molecule has 1 aromatic heterocycles. The number of anilines is 1. The van der Waals surface area contributed by atoms with E-state index in [-0.39, 0.29) is 18.7 Å². The smallest absolute Gasteiger partial charge is 0.393 e. The van der Waals surface area contributed by atoms with Crippen LogP contribution in [0.5, 0.6) is 0 Å². The van der Waals surface area contributed by atoms with E-state index in [9.17, 15) is 28.5 Å². The fraction of sp³-hybridized carbons (Fsp3) is 0.600. The van der Waals surface area contributed by atoms with Crippen LogP contribution in [-0.4, -0.2) is 46.9 Å². The van der Waals surface area contributed by atoms with Gasteiger partial charge in [-0.3, -0.25) is 9.09 Å². The zero-order valence-electron chi connectivity index (χ0n) is 13.9. The molecule has 0 aromatic carbocycles. The number of hydrogen-bond acceptors (Lipinski definition) is 10. The van der Waals surface area contributed by atoms with Crippen molar-refractivity contribution < 1.29 is 51.5 Å². The van der Waals surface area contributed by atoms with Crippen LogP contribution in [0.1, 0.15) is 18.9 Å².